The van der Waals surface area contributed by atoms with Crippen LogP contribution in [0.25, 0.3) is 0 Å². The normalized spacial score (nSPS) is 34.6. The lowest BCUT2D eigenvalue weighted by atomic mass is 9.64. The fourth-order valence-electron chi connectivity index (χ4n) is 3.24. The van der Waals surface area contributed by atoms with E-state index in [-0.39, 0.29) is 17.6 Å². The third kappa shape index (κ3) is 3.01. The van der Waals surface area contributed by atoms with Crippen LogP contribution in [0.2, 0.25) is 0 Å². The van der Waals surface area contributed by atoms with Gasteiger partial charge in [0.1, 0.15) is 0 Å². The van der Waals surface area contributed by atoms with Crippen LogP contribution in [0.5, 0.6) is 0 Å². The number of nitrogens with one attached hydrogen (secondary N) is 1. The smallest absolute Gasteiger partial charge is 0.0667 e. The van der Waals surface area contributed by atoms with E-state index in [1.807, 2.05) is 0 Å². The maximum Gasteiger partial charge on any atom is 0.0667 e. The molecule has 3 nitrogen and oxygen atoms in total. The van der Waals surface area contributed by atoms with Crippen molar-refractivity contribution in [3.05, 3.63) is 0 Å². The molecule has 3 unspecified atom stereocenters. The third-order valence-electron chi connectivity index (χ3n) is 4.90. The van der Waals surface area contributed by atoms with E-state index in [9.17, 15) is 10.2 Å². The molecule has 3 atom stereocenters. The third-order valence-corrected chi connectivity index (χ3v) is 4.90. The Labute approximate surface area is 105 Å². The Kier molecular flexibility index (Phi) is 4.11. The van der Waals surface area contributed by atoms with E-state index in [0.717, 1.165) is 18.8 Å². The Morgan fingerprint density at radius 3 is 2.47 bits per heavy atom. The van der Waals surface area contributed by atoms with Crippen LogP contribution in [0.4, 0.5) is 0 Å². The molecule has 2 rings (SSSR count). The van der Waals surface area contributed by atoms with Crippen LogP contribution < -0.4 is 5.32 Å². The molecule has 3 N–H and O–H groups in total. The SMILES string of the molecule is CC1(C)C(O)CC1NCC(O)CC1CCCC1. The van der Waals surface area contributed by atoms with Crippen molar-refractivity contribution in [2.45, 2.75) is 70.6 Å². The lowest BCUT2D eigenvalue weighted by molar-refractivity contribution is -0.0752. The van der Waals surface area contributed by atoms with E-state index in [1.165, 1.54) is 25.7 Å². The van der Waals surface area contributed by atoms with E-state index in [0.29, 0.717) is 12.6 Å². The summed E-state index contributed by atoms with van der Waals surface area (Å²) >= 11 is 0. The zero-order chi connectivity index (χ0) is 12.5. The van der Waals surface area contributed by atoms with Gasteiger partial charge in [-0.2, -0.15) is 0 Å². The van der Waals surface area contributed by atoms with Crippen LogP contribution in [0.1, 0.15) is 52.4 Å². The van der Waals surface area contributed by atoms with Crippen molar-refractivity contribution in [1.82, 2.24) is 5.32 Å². The lowest BCUT2D eigenvalue weighted by Crippen LogP contribution is -2.60. The highest BCUT2D eigenvalue weighted by Gasteiger charge is 2.46. The Hall–Kier alpha value is -0.120. The van der Waals surface area contributed by atoms with Crippen LogP contribution >= 0.6 is 0 Å². The van der Waals surface area contributed by atoms with Crippen LogP contribution in [0.15, 0.2) is 0 Å². The maximum atomic E-state index is 9.99. The molecule has 2 fully saturated rings. The van der Waals surface area contributed by atoms with Gasteiger partial charge in [-0.15, -0.1) is 0 Å². The minimum absolute atomic E-state index is 0.0346. The highest BCUT2D eigenvalue weighted by Crippen LogP contribution is 2.40. The molecule has 0 radical (unpaired) electrons. The first-order valence-corrected chi connectivity index (χ1v) is 7.09. The molecule has 0 spiro atoms. The molecule has 3 heteroatoms. The first-order chi connectivity index (χ1) is 8.00. The number of aliphatic hydroxyl groups excluding tert-OH is 2. The molecule has 0 heterocycles. The highest BCUT2D eigenvalue weighted by molar-refractivity contribution is 5.01. The Balaban J connectivity index is 1.64. The van der Waals surface area contributed by atoms with Gasteiger partial charge in [0.15, 0.2) is 0 Å². The van der Waals surface area contributed by atoms with Crippen molar-refractivity contribution >= 4 is 0 Å². The first-order valence-electron chi connectivity index (χ1n) is 7.09. The average Bonchev–Trinajstić information content (AvgIpc) is 2.76. The molecule has 0 amide bonds. The largest absolute Gasteiger partial charge is 0.392 e. The van der Waals surface area contributed by atoms with Crippen molar-refractivity contribution < 1.29 is 10.2 Å². The van der Waals surface area contributed by atoms with Gasteiger partial charge < -0.3 is 15.5 Å². The van der Waals surface area contributed by atoms with Crippen molar-refractivity contribution in [2.75, 3.05) is 6.54 Å². The Bertz CT molecular complexity index is 249. The summed E-state index contributed by atoms with van der Waals surface area (Å²) in [5.41, 5.74) is -0.0346. The molecule has 0 aromatic rings. The number of rotatable bonds is 5. The van der Waals surface area contributed by atoms with Crippen molar-refractivity contribution in [2.24, 2.45) is 11.3 Å². The Morgan fingerprint density at radius 2 is 1.94 bits per heavy atom. The molecular weight excluding hydrogens is 214 g/mol. The van der Waals surface area contributed by atoms with Gasteiger partial charge >= 0.3 is 0 Å². The summed E-state index contributed by atoms with van der Waals surface area (Å²) in [6, 6.07) is 0.357. The second-order valence-electron chi connectivity index (χ2n) is 6.57. The Morgan fingerprint density at radius 1 is 1.29 bits per heavy atom. The number of hydrogen-bond acceptors (Lipinski definition) is 3. The highest BCUT2D eigenvalue weighted by atomic mass is 16.3. The van der Waals surface area contributed by atoms with Crippen LogP contribution in [0.3, 0.4) is 0 Å². The molecule has 2 aliphatic carbocycles. The van der Waals surface area contributed by atoms with Gasteiger partial charge in [-0.25, -0.2) is 0 Å². The van der Waals surface area contributed by atoms with E-state index in [2.05, 4.69) is 19.2 Å². The second kappa shape index (κ2) is 5.25. The summed E-state index contributed by atoms with van der Waals surface area (Å²) < 4.78 is 0. The van der Waals surface area contributed by atoms with E-state index >= 15 is 0 Å². The number of hydrogen-bond donors (Lipinski definition) is 3. The standard InChI is InChI=1S/C14H27NO2/c1-14(2)12(8-13(14)17)15-9-11(16)7-10-5-3-4-6-10/h10-13,15-17H,3-9H2,1-2H3. The summed E-state index contributed by atoms with van der Waals surface area (Å²) in [7, 11) is 0. The zero-order valence-corrected chi connectivity index (χ0v) is 11.2. The summed E-state index contributed by atoms with van der Waals surface area (Å²) in [4.78, 5) is 0. The van der Waals surface area contributed by atoms with E-state index in [1.54, 1.807) is 0 Å². The monoisotopic (exact) mass is 241 g/mol. The topological polar surface area (TPSA) is 52.5 Å². The summed E-state index contributed by atoms with van der Waals surface area (Å²) in [6.07, 6.45) is 6.64. The second-order valence-corrected chi connectivity index (χ2v) is 6.57. The van der Waals surface area contributed by atoms with Crippen LogP contribution in [-0.2, 0) is 0 Å². The van der Waals surface area contributed by atoms with Gasteiger partial charge in [-0.3, -0.25) is 0 Å². The van der Waals surface area contributed by atoms with Gasteiger partial charge in [0.25, 0.3) is 0 Å². The summed E-state index contributed by atoms with van der Waals surface area (Å²) in [5, 5.41) is 23.0. The van der Waals surface area contributed by atoms with Crippen molar-refractivity contribution in [3.8, 4) is 0 Å². The molecule has 0 aromatic carbocycles. The predicted molar refractivity (Wildman–Crippen MR) is 68.8 cm³/mol. The molecule has 0 aromatic heterocycles. The minimum Gasteiger partial charge on any atom is -0.392 e. The molecule has 0 aliphatic heterocycles. The molecule has 100 valence electrons. The van der Waals surface area contributed by atoms with Gasteiger partial charge in [-0.1, -0.05) is 39.5 Å². The fourth-order valence-corrected chi connectivity index (χ4v) is 3.24. The van der Waals surface area contributed by atoms with Crippen molar-refractivity contribution in [3.63, 3.8) is 0 Å². The van der Waals surface area contributed by atoms with Gasteiger partial charge in [0.2, 0.25) is 0 Å². The average molecular weight is 241 g/mol. The minimum atomic E-state index is -0.216. The molecule has 0 bridgehead atoms. The fraction of sp³-hybridized carbons (Fsp3) is 1.00. The quantitative estimate of drug-likeness (QED) is 0.686. The van der Waals surface area contributed by atoms with Gasteiger partial charge in [0.05, 0.1) is 12.2 Å². The maximum absolute atomic E-state index is 9.99. The van der Waals surface area contributed by atoms with Gasteiger partial charge in [-0.05, 0) is 18.8 Å². The first kappa shape index (κ1) is 13.3. The molecule has 0 saturated heterocycles. The zero-order valence-electron chi connectivity index (χ0n) is 11.2. The van der Waals surface area contributed by atoms with E-state index < -0.39 is 0 Å². The van der Waals surface area contributed by atoms with Gasteiger partial charge in [0, 0.05) is 18.0 Å². The molecule has 2 saturated carbocycles. The molecule has 17 heavy (non-hydrogen) atoms. The summed E-state index contributed by atoms with van der Waals surface area (Å²) in [5.74, 6) is 0.742. The van der Waals surface area contributed by atoms with Crippen molar-refractivity contribution in [1.29, 1.82) is 0 Å². The predicted octanol–water partition coefficient (Wildman–Crippen LogP) is 1.68. The van der Waals surface area contributed by atoms with E-state index in [4.69, 9.17) is 0 Å². The van der Waals surface area contributed by atoms with Crippen LogP contribution in [-0.4, -0.2) is 35.0 Å². The summed E-state index contributed by atoms with van der Waals surface area (Å²) in [6.45, 7) is 4.85. The van der Waals surface area contributed by atoms with Crippen LogP contribution in [0, 0.1) is 11.3 Å². The molecule has 2 aliphatic rings. The number of aliphatic hydroxyl groups is 2. The molecular formula is C14H27NO2. The lowest BCUT2D eigenvalue weighted by Gasteiger charge is -2.50.